The Labute approximate surface area is 164 Å². The molecule has 1 aliphatic rings. The highest BCUT2D eigenvalue weighted by Gasteiger charge is 2.09. The van der Waals surface area contributed by atoms with Crippen molar-refractivity contribution in [1.82, 2.24) is 9.80 Å². The Kier molecular flexibility index (Phi) is 10.3. The summed E-state index contributed by atoms with van der Waals surface area (Å²) in [6.07, 6.45) is 5.47. The van der Waals surface area contributed by atoms with Crippen LogP contribution in [0.25, 0.3) is 0 Å². The molecule has 1 heterocycles. The fourth-order valence-corrected chi connectivity index (χ4v) is 3.12. The van der Waals surface area contributed by atoms with Crippen molar-refractivity contribution in [2.24, 2.45) is 10.7 Å². The molecule has 0 bridgehead atoms. The van der Waals surface area contributed by atoms with Gasteiger partial charge in [-0.1, -0.05) is 37.1 Å². The average molecular weight is 444 g/mol. The van der Waals surface area contributed by atoms with Crippen molar-refractivity contribution < 1.29 is 0 Å². The second-order valence-corrected chi connectivity index (χ2v) is 6.35. The molecular weight excluding hydrogens is 411 g/mol. The molecular formula is C19H33IN4. The Morgan fingerprint density at radius 1 is 1.00 bits per heavy atom. The SMILES string of the molecule is CCN(CC)C(N)=NCc1ccc(CN2CCCCCC2)cc1.I. The van der Waals surface area contributed by atoms with Crippen molar-refractivity contribution in [2.75, 3.05) is 26.2 Å². The molecule has 0 aliphatic carbocycles. The van der Waals surface area contributed by atoms with Gasteiger partial charge in [0.1, 0.15) is 0 Å². The lowest BCUT2D eigenvalue weighted by molar-refractivity contribution is 0.277. The molecule has 0 saturated carbocycles. The van der Waals surface area contributed by atoms with E-state index in [1.165, 1.54) is 49.9 Å². The first-order valence-electron chi connectivity index (χ1n) is 9.08. The van der Waals surface area contributed by atoms with Gasteiger partial charge in [0, 0.05) is 19.6 Å². The molecule has 136 valence electrons. The first kappa shape index (κ1) is 21.2. The van der Waals surface area contributed by atoms with Gasteiger partial charge in [0.05, 0.1) is 6.54 Å². The van der Waals surface area contributed by atoms with Gasteiger partial charge in [0.25, 0.3) is 0 Å². The molecule has 2 N–H and O–H groups in total. The van der Waals surface area contributed by atoms with Gasteiger partial charge in [-0.3, -0.25) is 4.90 Å². The fraction of sp³-hybridized carbons (Fsp3) is 0.632. The van der Waals surface area contributed by atoms with Crippen LogP contribution in [0.15, 0.2) is 29.3 Å². The van der Waals surface area contributed by atoms with Crippen LogP contribution in [0.3, 0.4) is 0 Å². The molecule has 5 heteroatoms. The van der Waals surface area contributed by atoms with Crippen LogP contribution in [0.1, 0.15) is 50.7 Å². The maximum Gasteiger partial charge on any atom is 0.191 e. The highest BCUT2D eigenvalue weighted by Crippen LogP contribution is 2.14. The number of rotatable bonds is 6. The Morgan fingerprint density at radius 2 is 1.54 bits per heavy atom. The molecule has 0 unspecified atom stereocenters. The summed E-state index contributed by atoms with van der Waals surface area (Å²) in [6, 6.07) is 8.85. The Hall–Kier alpha value is -0.820. The summed E-state index contributed by atoms with van der Waals surface area (Å²) in [5, 5.41) is 0. The van der Waals surface area contributed by atoms with Crippen LogP contribution in [-0.4, -0.2) is 41.9 Å². The molecule has 0 spiro atoms. The lowest BCUT2D eigenvalue weighted by Gasteiger charge is -2.20. The first-order valence-corrected chi connectivity index (χ1v) is 9.08. The van der Waals surface area contributed by atoms with E-state index in [0.29, 0.717) is 12.5 Å². The van der Waals surface area contributed by atoms with Crippen molar-refractivity contribution in [3.63, 3.8) is 0 Å². The van der Waals surface area contributed by atoms with Crippen molar-refractivity contribution in [1.29, 1.82) is 0 Å². The third-order valence-electron chi connectivity index (χ3n) is 4.64. The summed E-state index contributed by atoms with van der Waals surface area (Å²) in [4.78, 5) is 9.16. The van der Waals surface area contributed by atoms with E-state index < -0.39 is 0 Å². The number of hydrogen-bond acceptors (Lipinski definition) is 2. The molecule has 24 heavy (non-hydrogen) atoms. The van der Waals surface area contributed by atoms with Gasteiger partial charge in [-0.2, -0.15) is 0 Å². The predicted molar refractivity (Wildman–Crippen MR) is 114 cm³/mol. The maximum atomic E-state index is 6.02. The van der Waals surface area contributed by atoms with E-state index in [0.717, 1.165) is 19.6 Å². The average Bonchev–Trinajstić information content (AvgIpc) is 2.84. The molecule has 0 atom stereocenters. The summed E-state index contributed by atoms with van der Waals surface area (Å²) in [6.45, 7) is 10.2. The third-order valence-corrected chi connectivity index (χ3v) is 4.64. The molecule has 1 aliphatic heterocycles. The van der Waals surface area contributed by atoms with E-state index in [4.69, 9.17) is 5.73 Å². The highest BCUT2D eigenvalue weighted by molar-refractivity contribution is 14.0. The van der Waals surface area contributed by atoms with Crippen LogP contribution in [0.5, 0.6) is 0 Å². The Morgan fingerprint density at radius 3 is 2.08 bits per heavy atom. The number of likely N-dealkylation sites (tertiary alicyclic amines) is 1. The molecule has 2 rings (SSSR count). The number of guanidine groups is 1. The smallest absolute Gasteiger partial charge is 0.191 e. The molecule has 4 nitrogen and oxygen atoms in total. The summed E-state index contributed by atoms with van der Waals surface area (Å²) in [5.41, 5.74) is 8.65. The molecule has 0 aromatic heterocycles. The molecule has 1 aromatic rings. The van der Waals surface area contributed by atoms with Crippen molar-refractivity contribution in [2.45, 2.75) is 52.6 Å². The van der Waals surface area contributed by atoms with Gasteiger partial charge in [0.15, 0.2) is 5.96 Å². The van der Waals surface area contributed by atoms with Gasteiger partial charge < -0.3 is 10.6 Å². The van der Waals surface area contributed by atoms with Crippen LogP contribution in [0.4, 0.5) is 0 Å². The molecule has 1 fully saturated rings. The third kappa shape index (κ3) is 6.97. The van der Waals surface area contributed by atoms with Crippen molar-refractivity contribution in [3.05, 3.63) is 35.4 Å². The van der Waals surface area contributed by atoms with E-state index in [1.54, 1.807) is 0 Å². The summed E-state index contributed by atoms with van der Waals surface area (Å²) in [7, 11) is 0. The second-order valence-electron chi connectivity index (χ2n) is 6.35. The monoisotopic (exact) mass is 444 g/mol. The summed E-state index contributed by atoms with van der Waals surface area (Å²) in [5.74, 6) is 0.642. The molecule has 0 amide bonds. The maximum absolute atomic E-state index is 6.02. The Balaban J connectivity index is 0.00000288. The van der Waals surface area contributed by atoms with Crippen LogP contribution in [0, 0.1) is 0 Å². The first-order chi connectivity index (χ1) is 11.2. The number of hydrogen-bond donors (Lipinski definition) is 1. The lowest BCUT2D eigenvalue weighted by Crippen LogP contribution is -2.37. The van der Waals surface area contributed by atoms with Crippen LogP contribution >= 0.6 is 24.0 Å². The minimum Gasteiger partial charge on any atom is -0.370 e. The number of aliphatic imine (C=N–C) groups is 1. The molecule has 0 radical (unpaired) electrons. The quantitative estimate of drug-likeness (QED) is 0.412. The minimum atomic E-state index is 0. The summed E-state index contributed by atoms with van der Waals surface area (Å²) >= 11 is 0. The molecule has 1 saturated heterocycles. The second kappa shape index (κ2) is 11.7. The minimum absolute atomic E-state index is 0. The van der Waals surface area contributed by atoms with E-state index >= 15 is 0 Å². The van der Waals surface area contributed by atoms with Crippen LogP contribution < -0.4 is 5.73 Å². The van der Waals surface area contributed by atoms with Gasteiger partial charge >= 0.3 is 0 Å². The number of nitrogens with zero attached hydrogens (tertiary/aromatic N) is 3. The van der Waals surface area contributed by atoms with Crippen molar-refractivity contribution >= 4 is 29.9 Å². The van der Waals surface area contributed by atoms with E-state index in [1.807, 2.05) is 0 Å². The van der Waals surface area contributed by atoms with Gasteiger partial charge in [-0.15, -0.1) is 24.0 Å². The molecule has 1 aromatic carbocycles. The van der Waals surface area contributed by atoms with E-state index in [-0.39, 0.29) is 24.0 Å². The lowest BCUT2D eigenvalue weighted by atomic mass is 10.1. The zero-order chi connectivity index (χ0) is 16.5. The van der Waals surface area contributed by atoms with E-state index in [9.17, 15) is 0 Å². The number of halogens is 1. The topological polar surface area (TPSA) is 44.9 Å². The highest BCUT2D eigenvalue weighted by atomic mass is 127. The zero-order valence-corrected chi connectivity index (χ0v) is 17.5. The predicted octanol–water partition coefficient (Wildman–Crippen LogP) is 3.84. The van der Waals surface area contributed by atoms with E-state index in [2.05, 4.69) is 52.9 Å². The largest absolute Gasteiger partial charge is 0.370 e. The number of benzene rings is 1. The van der Waals surface area contributed by atoms with Gasteiger partial charge in [-0.05, 0) is 50.9 Å². The van der Waals surface area contributed by atoms with Gasteiger partial charge in [-0.25, -0.2) is 4.99 Å². The zero-order valence-electron chi connectivity index (χ0n) is 15.2. The Bertz CT molecular complexity index is 475. The van der Waals surface area contributed by atoms with Crippen LogP contribution in [0.2, 0.25) is 0 Å². The standard InChI is InChI=1S/C19H32N4.HI/c1-3-23(4-2)19(20)21-15-17-9-11-18(12-10-17)16-22-13-7-5-6-8-14-22;/h9-12H,3-8,13-16H2,1-2H3,(H2,20,21);1H. The summed E-state index contributed by atoms with van der Waals surface area (Å²) < 4.78 is 0. The van der Waals surface area contributed by atoms with Crippen LogP contribution in [-0.2, 0) is 13.1 Å². The number of nitrogens with two attached hydrogens (primary N) is 1. The van der Waals surface area contributed by atoms with Gasteiger partial charge in [0.2, 0.25) is 0 Å². The van der Waals surface area contributed by atoms with Crippen molar-refractivity contribution in [3.8, 4) is 0 Å². The fourth-order valence-electron chi connectivity index (χ4n) is 3.12. The normalized spacial score (nSPS) is 16.3.